The number of ether oxygens (including phenoxy) is 3. The Balaban J connectivity index is 2.02. The monoisotopic (exact) mass is 494 g/mol. The standard InChI is InChI=1S/C22H31FN6O6/c1-7-13(30)26-21-27-17(24-6)15-18(28-21)29(10-25-15)20-22(5,23)16(35-14(31)8-2)12(34-20)9-33-19(32)11(3)4/h10-12,16,20H,7-9H2,1-6H3,(H2,24,26,27,28,30)/t12-,16-,20-,22-/m1/s1. The maximum atomic E-state index is 16.3. The van der Waals surface area contributed by atoms with E-state index in [2.05, 4.69) is 25.6 Å². The SMILES string of the molecule is CCC(=O)Nc1nc(NC)c2ncn([C@@H]3O[C@H](COC(=O)C(C)C)[C@@H](OC(=O)CC)[C@@]3(C)F)c2n1. The summed E-state index contributed by atoms with van der Waals surface area (Å²) in [6.07, 6.45) is -2.19. The first-order valence-corrected chi connectivity index (χ1v) is 11.5. The Kier molecular flexibility index (Phi) is 7.88. The van der Waals surface area contributed by atoms with Crippen LogP contribution in [0.3, 0.4) is 0 Å². The van der Waals surface area contributed by atoms with Crippen molar-refractivity contribution < 1.29 is 33.0 Å². The summed E-state index contributed by atoms with van der Waals surface area (Å²) in [4.78, 5) is 48.8. The molecule has 35 heavy (non-hydrogen) atoms. The number of rotatable bonds is 9. The van der Waals surface area contributed by atoms with Gasteiger partial charge >= 0.3 is 11.9 Å². The fraction of sp³-hybridized carbons (Fsp3) is 0.636. The molecule has 0 aliphatic carbocycles. The van der Waals surface area contributed by atoms with Crippen molar-refractivity contribution in [3.8, 4) is 0 Å². The highest BCUT2D eigenvalue weighted by atomic mass is 19.1. The average Bonchev–Trinajstić information content (AvgIpc) is 3.34. The number of fused-ring (bicyclic) bond motifs is 1. The molecule has 3 heterocycles. The average molecular weight is 495 g/mol. The molecule has 3 rings (SSSR count). The molecule has 0 radical (unpaired) electrons. The molecule has 2 aromatic rings. The summed E-state index contributed by atoms with van der Waals surface area (Å²) in [5.74, 6) is -1.49. The van der Waals surface area contributed by atoms with Gasteiger partial charge in [0.15, 0.2) is 35.0 Å². The van der Waals surface area contributed by atoms with Crippen LogP contribution in [0.5, 0.6) is 0 Å². The zero-order valence-corrected chi connectivity index (χ0v) is 20.6. The van der Waals surface area contributed by atoms with Crippen LogP contribution in [0.1, 0.15) is 53.7 Å². The highest BCUT2D eigenvalue weighted by molar-refractivity contribution is 5.91. The molecule has 1 saturated heterocycles. The molecule has 0 saturated carbocycles. The van der Waals surface area contributed by atoms with Crippen LogP contribution in [-0.2, 0) is 28.6 Å². The van der Waals surface area contributed by atoms with Crippen molar-refractivity contribution in [3.63, 3.8) is 0 Å². The predicted molar refractivity (Wildman–Crippen MR) is 123 cm³/mol. The number of carbonyl (C=O) groups is 3. The summed E-state index contributed by atoms with van der Waals surface area (Å²) in [5, 5.41) is 5.46. The van der Waals surface area contributed by atoms with Gasteiger partial charge in [-0.25, -0.2) is 9.37 Å². The Morgan fingerprint density at radius 3 is 2.57 bits per heavy atom. The lowest BCUT2D eigenvalue weighted by molar-refractivity contribution is -0.162. The third-order valence-corrected chi connectivity index (χ3v) is 5.57. The molecule has 1 aliphatic rings. The van der Waals surface area contributed by atoms with Gasteiger partial charge < -0.3 is 19.5 Å². The number of nitrogens with zero attached hydrogens (tertiary/aromatic N) is 4. The Morgan fingerprint density at radius 1 is 1.26 bits per heavy atom. The second kappa shape index (κ2) is 10.5. The van der Waals surface area contributed by atoms with E-state index < -0.39 is 42.0 Å². The van der Waals surface area contributed by atoms with E-state index >= 15 is 4.39 Å². The molecule has 0 aromatic carbocycles. The first-order valence-electron chi connectivity index (χ1n) is 11.5. The number of esters is 2. The zero-order valence-electron chi connectivity index (χ0n) is 20.6. The molecule has 1 fully saturated rings. The van der Waals surface area contributed by atoms with E-state index in [9.17, 15) is 14.4 Å². The first-order chi connectivity index (χ1) is 16.5. The lowest BCUT2D eigenvalue weighted by atomic mass is 9.98. The maximum absolute atomic E-state index is 16.3. The summed E-state index contributed by atoms with van der Waals surface area (Å²) in [6, 6.07) is 0. The third-order valence-electron chi connectivity index (χ3n) is 5.57. The number of alkyl halides is 1. The Morgan fingerprint density at radius 2 is 1.97 bits per heavy atom. The molecular weight excluding hydrogens is 463 g/mol. The van der Waals surface area contributed by atoms with Gasteiger partial charge in [0, 0.05) is 19.9 Å². The van der Waals surface area contributed by atoms with Crippen LogP contribution >= 0.6 is 0 Å². The number of imidazole rings is 1. The van der Waals surface area contributed by atoms with Crippen molar-refractivity contribution >= 4 is 40.8 Å². The lowest BCUT2D eigenvalue weighted by Crippen LogP contribution is -2.44. The molecular formula is C22H31FN6O6. The van der Waals surface area contributed by atoms with E-state index in [4.69, 9.17) is 14.2 Å². The lowest BCUT2D eigenvalue weighted by Gasteiger charge is -2.27. The van der Waals surface area contributed by atoms with Crippen molar-refractivity contribution in [1.29, 1.82) is 0 Å². The van der Waals surface area contributed by atoms with Crippen LogP contribution in [0.15, 0.2) is 6.33 Å². The number of amides is 1. The first kappa shape index (κ1) is 26.3. The normalized spacial score (nSPS) is 23.9. The topological polar surface area (TPSA) is 147 Å². The van der Waals surface area contributed by atoms with Gasteiger partial charge in [0.05, 0.1) is 12.2 Å². The predicted octanol–water partition coefficient (Wildman–Crippen LogP) is 2.36. The van der Waals surface area contributed by atoms with Crippen molar-refractivity contribution in [2.45, 2.75) is 71.6 Å². The van der Waals surface area contributed by atoms with Gasteiger partial charge in [-0.1, -0.05) is 27.7 Å². The quantitative estimate of drug-likeness (QED) is 0.498. The molecule has 12 nitrogen and oxygen atoms in total. The number of hydrogen-bond acceptors (Lipinski definition) is 10. The zero-order chi connectivity index (χ0) is 25.9. The third kappa shape index (κ3) is 5.34. The summed E-state index contributed by atoms with van der Waals surface area (Å²) in [6.45, 7) is 7.53. The Hall–Kier alpha value is -3.35. The van der Waals surface area contributed by atoms with Crippen molar-refractivity contribution in [2.24, 2.45) is 5.92 Å². The van der Waals surface area contributed by atoms with Gasteiger partial charge in [0.25, 0.3) is 0 Å². The van der Waals surface area contributed by atoms with Crippen LogP contribution in [0.4, 0.5) is 16.2 Å². The molecule has 13 heteroatoms. The molecule has 1 amide bonds. The number of aromatic nitrogens is 4. The van der Waals surface area contributed by atoms with Gasteiger partial charge in [-0.05, 0) is 6.92 Å². The summed E-state index contributed by atoms with van der Waals surface area (Å²) >= 11 is 0. The van der Waals surface area contributed by atoms with Crippen molar-refractivity contribution in [2.75, 3.05) is 24.3 Å². The minimum atomic E-state index is -2.25. The van der Waals surface area contributed by atoms with E-state index in [0.29, 0.717) is 11.3 Å². The van der Waals surface area contributed by atoms with Gasteiger partial charge in [-0.15, -0.1) is 0 Å². The fourth-order valence-corrected chi connectivity index (χ4v) is 3.62. The van der Waals surface area contributed by atoms with E-state index in [1.807, 2.05) is 0 Å². The molecule has 2 N–H and O–H groups in total. The van der Waals surface area contributed by atoms with E-state index in [1.54, 1.807) is 34.7 Å². The van der Waals surface area contributed by atoms with Crippen molar-refractivity contribution in [1.82, 2.24) is 19.5 Å². The molecule has 0 spiro atoms. The number of halogens is 1. The summed E-state index contributed by atoms with van der Waals surface area (Å²) in [5.41, 5.74) is -1.74. The minimum absolute atomic E-state index is 0.00498. The Bertz CT molecular complexity index is 1100. The Labute approximate surface area is 201 Å². The highest BCUT2D eigenvalue weighted by Gasteiger charge is 2.58. The molecule has 1 aliphatic heterocycles. The number of nitrogens with one attached hydrogen (secondary N) is 2. The van der Waals surface area contributed by atoms with Crippen LogP contribution in [0, 0.1) is 5.92 Å². The van der Waals surface area contributed by atoms with Gasteiger partial charge in [0.2, 0.25) is 11.9 Å². The number of hydrogen-bond donors (Lipinski definition) is 2. The number of carbonyl (C=O) groups excluding carboxylic acids is 3. The smallest absolute Gasteiger partial charge is 0.308 e. The van der Waals surface area contributed by atoms with E-state index in [1.165, 1.54) is 17.8 Å². The van der Waals surface area contributed by atoms with Crippen LogP contribution in [0.25, 0.3) is 11.2 Å². The maximum Gasteiger partial charge on any atom is 0.308 e. The van der Waals surface area contributed by atoms with Gasteiger partial charge in [0.1, 0.15) is 12.7 Å². The second-order valence-electron chi connectivity index (χ2n) is 8.60. The highest BCUT2D eigenvalue weighted by Crippen LogP contribution is 2.44. The van der Waals surface area contributed by atoms with Gasteiger partial charge in [-0.2, -0.15) is 9.97 Å². The summed E-state index contributed by atoms with van der Waals surface area (Å²) < 4.78 is 34.2. The van der Waals surface area contributed by atoms with E-state index in [-0.39, 0.29) is 37.0 Å². The largest absolute Gasteiger partial charge is 0.463 e. The van der Waals surface area contributed by atoms with Crippen LogP contribution < -0.4 is 10.6 Å². The van der Waals surface area contributed by atoms with Gasteiger partial charge in [-0.3, -0.25) is 24.3 Å². The van der Waals surface area contributed by atoms with E-state index in [0.717, 1.165) is 0 Å². The molecule has 4 atom stereocenters. The minimum Gasteiger partial charge on any atom is -0.463 e. The van der Waals surface area contributed by atoms with Crippen molar-refractivity contribution in [3.05, 3.63) is 6.33 Å². The van der Waals surface area contributed by atoms with Crippen LogP contribution in [-0.4, -0.2) is 68.9 Å². The molecule has 2 aromatic heterocycles. The fourth-order valence-electron chi connectivity index (χ4n) is 3.62. The summed E-state index contributed by atoms with van der Waals surface area (Å²) in [7, 11) is 1.62. The molecule has 192 valence electrons. The molecule has 0 bridgehead atoms. The second-order valence-corrected chi connectivity index (χ2v) is 8.60. The van der Waals surface area contributed by atoms with Crippen LogP contribution in [0.2, 0.25) is 0 Å². The molecule has 0 unspecified atom stereocenters. The number of anilines is 2.